The maximum absolute atomic E-state index is 12.3. The Bertz CT molecular complexity index is 1120. The van der Waals surface area contributed by atoms with E-state index in [2.05, 4.69) is 42.2 Å². The minimum atomic E-state index is -1.08. The van der Waals surface area contributed by atoms with Crippen molar-refractivity contribution in [2.75, 3.05) is 6.61 Å². The highest BCUT2D eigenvalue weighted by Crippen LogP contribution is 2.34. The van der Waals surface area contributed by atoms with Crippen LogP contribution in [-0.4, -0.2) is 33.7 Å². The van der Waals surface area contributed by atoms with Crippen LogP contribution in [0.4, 0.5) is 11.4 Å². The molecule has 0 saturated carbocycles. The van der Waals surface area contributed by atoms with Gasteiger partial charge in [-0.2, -0.15) is 0 Å². The van der Waals surface area contributed by atoms with E-state index in [0.717, 1.165) is 11.8 Å². The van der Waals surface area contributed by atoms with Gasteiger partial charge in [0.05, 0.1) is 24.5 Å². The topological polar surface area (TPSA) is 131 Å². The lowest BCUT2D eigenvalue weighted by Gasteiger charge is -2.06. The van der Waals surface area contributed by atoms with Crippen molar-refractivity contribution in [1.29, 1.82) is 0 Å². The summed E-state index contributed by atoms with van der Waals surface area (Å²) in [5.74, 6) is -1.05. The number of hydrogen-bond donors (Lipinski definition) is 2. The molecule has 0 spiro atoms. The lowest BCUT2D eigenvalue weighted by atomic mass is 10.2. The fraction of sp³-hybridized carbons (Fsp3) is 0.0556. The molecule has 0 bridgehead atoms. The monoisotopic (exact) mass is 555 g/mol. The Balaban J connectivity index is 1.78. The SMILES string of the molecule is O=C(O)COc1ccc(/C=C2/SC(=Nc3ccc([N+](=O)[O-])cc3Br)NC2=O)cc1Br. The Morgan fingerprint density at radius 3 is 2.67 bits per heavy atom. The maximum atomic E-state index is 12.3. The summed E-state index contributed by atoms with van der Waals surface area (Å²) in [5.41, 5.74) is 1.06. The van der Waals surface area contributed by atoms with Gasteiger partial charge in [-0.1, -0.05) is 6.07 Å². The molecule has 9 nitrogen and oxygen atoms in total. The van der Waals surface area contributed by atoms with Crippen LogP contribution in [0.3, 0.4) is 0 Å². The van der Waals surface area contributed by atoms with Gasteiger partial charge in [0.1, 0.15) is 5.75 Å². The highest BCUT2D eigenvalue weighted by Gasteiger charge is 2.24. The summed E-state index contributed by atoms with van der Waals surface area (Å²) in [6.07, 6.45) is 1.65. The van der Waals surface area contributed by atoms with Crippen molar-refractivity contribution in [3.63, 3.8) is 0 Å². The Morgan fingerprint density at radius 1 is 1.27 bits per heavy atom. The fourth-order valence-electron chi connectivity index (χ4n) is 2.30. The zero-order valence-corrected chi connectivity index (χ0v) is 18.8. The summed E-state index contributed by atoms with van der Waals surface area (Å²) < 4.78 is 6.12. The number of nitrogens with one attached hydrogen (secondary N) is 1. The van der Waals surface area contributed by atoms with Gasteiger partial charge < -0.3 is 15.2 Å². The number of hydrogen-bond acceptors (Lipinski definition) is 7. The van der Waals surface area contributed by atoms with E-state index in [9.17, 15) is 19.7 Å². The number of benzene rings is 2. The molecule has 0 atom stereocenters. The van der Waals surface area contributed by atoms with Crippen molar-refractivity contribution >= 4 is 78.1 Å². The number of non-ortho nitro benzene ring substituents is 1. The zero-order valence-electron chi connectivity index (χ0n) is 14.8. The van der Waals surface area contributed by atoms with Gasteiger partial charge in [0.25, 0.3) is 11.6 Å². The van der Waals surface area contributed by atoms with Gasteiger partial charge in [-0.05, 0) is 73.5 Å². The summed E-state index contributed by atoms with van der Waals surface area (Å²) in [6, 6.07) is 9.12. The third-order valence-electron chi connectivity index (χ3n) is 3.62. The standard InChI is InChI=1S/C18H11Br2N3O6S/c19-11-7-10(23(27)28)2-3-13(11)21-18-22-17(26)15(30-18)6-9-1-4-14(12(20)5-9)29-8-16(24)25/h1-7H,8H2,(H,24,25)(H,21,22,26)/b15-6+. The number of nitro groups is 1. The largest absolute Gasteiger partial charge is 0.481 e. The van der Waals surface area contributed by atoms with Crippen LogP contribution in [0.5, 0.6) is 5.75 Å². The predicted molar refractivity (Wildman–Crippen MR) is 119 cm³/mol. The van der Waals surface area contributed by atoms with Crippen LogP contribution < -0.4 is 10.1 Å². The number of halogens is 2. The highest BCUT2D eigenvalue weighted by atomic mass is 79.9. The summed E-state index contributed by atoms with van der Waals surface area (Å²) in [7, 11) is 0. The summed E-state index contributed by atoms with van der Waals surface area (Å²) in [4.78, 5) is 37.9. The average Bonchev–Trinajstić information content (AvgIpc) is 3.01. The van der Waals surface area contributed by atoms with E-state index in [0.29, 0.717) is 36.0 Å². The van der Waals surface area contributed by atoms with Crippen molar-refractivity contribution < 1.29 is 24.4 Å². The van der Waals surface area contributed by atoms with Crippen LogP contribution in [0.15, 0.2) is 55.2 Å². The van der Waals surface area contributed by atoms with Gasteiger partial charge >= 0.3 is 5.97 Å². The summed E-state index contributed by atoms with van der Waals surface area (Å²) in [6.45, 7) is -0.463. The quantitative estimate of drug-likeness (QED) is 0.305. The molecule has 0 aliphatic carbocycles. The van der Waals surface area contributed by atoms with Crippen molar-refractivity contribution in [3.05, 3.63) is 65.9 Å². The molecule has 2 N–H and O–H groups in total. The van der Waals surface area contributed by atoms with Crippen molar-refractivity contribution in [2.45, 2.75) is 0 Å². The predicted octanol–water partition coefficient (Wildman–Crippen LogP) is 4.47. The molecule has 2 aromatic carbocycles. The number of amides is 1. The van der Waals surface area contributed by atoms with Gasteiger partial charge in [-0.25, -0.2) is 9.79 Å². The molecule has 1 aliphatic rings. The smallest absolute Gasteiger partial charge is 0.341 e. The van der Waals surface area contributed by atoms with Crippen molar-refractivity contribution in [3.8, 4) is 5.75 Å². The van der Waals surface area contributed by atoms with Crippen LogP contribution in [-0.2, 0) is 9.59 Å². The van der Waals surface area contributed by atoms with E-state index in [1.54, 1.807) is 24.3 Å². The number of carbonyl (C=O) groups is 2. The van der Waals surface area contributed by atoms with E-state index in [1.165, 1.54) is 18.2 Å². The number of amidine groups is 1. The Hall–Kier alpha value is -2.70. The van der Waals surface area contributed by atoms with Crippen molar-refractivity contribution in [2.24, 2.45) is 4.99 Å². The Morgan fingerprint density at radius 2 is 2.03 bits per heavy atom. The van der Waals surface area contributed by atoms with Gasteiger partial charge in [0, 0.05) is 12.1 Å². The number of rotatable bonds is 6. The van der Waals surface area contributed by atoms with Crippen LogP contribution >= 0.6 is 43.6 Å². The molecule has 154 valence electrons. The first kappa shape index (κ1) is 22.0. The number of aliphatic imine (C=N–C) groups is 1. The third-order valence-corrected chi connectivity index (χ3v) is 5.78. The molecule has 1 saturated heterocycles. The molecule has 30 heavy (non-hydrogen) atoms. The average molecular weight is 557 g/mol. The molecule has 1 fully saturated rings. The number of carboxylic acid groups (broad SMARTS) is 1. The number of thioether (sulfide) groups is 1. The molecule has 0 radical (unpaired) electrons. The van der Waals surface area contributed by atoms with Crippen LogP contribution in [0.2, 0.25) is 0 Å². The second kappa shape index (κ2) is 9.41. The molecule has 1 amide bonds. The normalized spacial score (nSPS) is 16.0. The fourth-order valence-corrected chi connectivity index (χ4v) is 4.11. The highest BCUT2D eigenvalue weighted by molar-refractivity contribution is 9.11. The number of nitro benzene ring substituents is 1. The lowest BCUT2D eigenvalue weighted by Crippen LogP contribution is -2.19. The van der Waals surface area contributed by atoms with Crippen LogP contribution in [0.1, 0.15) is 5.56 Å². The first-order valence-corrected chi connectivity index (χ1v) is 10.5. The Labute approximate surface area is 190 Å². The zero-order chi connectivity index (χ0) is 21.8. The van der Waals surface area contributed by atoms with E-state index in [-0.39, 0.29) is 11.6 Å². The van der Waals surface area contributed by atoms with Crippen LogP contribution in [0, 0.1) is 10.1 Å². The molecular weight excluding hydrogens is 546 g/mol. The third kappa shape index (κ3) is 5.46. The van der Waals surface area contributed by atoms with Gasteiger partial charge in [-0.15, -0.1) is 0 Å². The summed E-state index contributed by atoms with van der Waals surface area (Å²) >= 11 is 7.67. The molecule has 0 unspecified atom stereocenters. The minimum absolute atomic E-state index is 0.0733. The summed E-state index contributed by atoms with van der Waals surface area (Å²) in [5, 5.41) is 22.5. The van der Waals surface area contributed by atoms with E-state index >= 15 is 0 Å². The van der Waals surface area contributed by atoms with E-state index in [1.807, 2.05) is 0 Å². The van der Waals surface area contributed by atoms with Gasteiger partial charge in [0.2, 0.25) is 0 Å². The van der Waals surface area contributed by atoms with Crippen molar-refractivity contribution in [1.82, 2.24) is 5.32 Å². The molecule has 1 aliphatic heterocycles. The molecule has 2 aromatic rings. The van der Waals surface area contributed by atoms with E-state index in [4.69, 9.17) is 9.84 Å². The first-order valence-electron chi connectivity index (χ1n) is 8.10. The molecular formula is C18H11Br2N3O6S. The second-order valence-corrected chi connectivity index (χ2v) is 8.49. The lowest BCUT2D eigenvalue weighted by molar-refractivity contribution is -0.384. The second-order valence-electron chi connectivity index (χ2n) is 5.75. The number of carbonyl (C=O) groups excluding carboxylic acids is 1. The molecule has 1 heterocycles. The minimum Gasteiger partial charge on any atom is -0.481 e. The van der Waals surface area contributed by atoms with Crippen LogP contribution in [0.25, 0.3) is 6.08 Å². The molecule has 0 aromatic heterocycles. The van der Waals surface area contributed by atoms with E-state index < -0.39 is 17.5 Å². The number of carboxylic acids is 1. The van der Waals surface area contributed by atoms with Gasteiger partial charge in [-0.3, -0.25) is 14.9 Å². The molecule has 12 heteroatoms. The Kier molecular flexibility index (Phi) is 6.90. The molecule has 3 rings (SSSR count). The first-order chi connectivity index (χ1) is 14.2. The number of aliphatic carboxylic acids is 1. The number of nitrogens with zero attached hydrogens (tertiary/aromatic N) is 2. The maximum Gasteiger partial charge on any atom is 0.341 e. The van der Waals surface area contributed by atoms with Gasteiger partial charge in [0.15, 0.2) is 11.8 Å². The number of ether oxygens (including phenoxy) is 1.